The molecule has 0 aliphatic rings. The number of ether oxygens (including phenoxy) is 1. The first kappa shape index (κ1) is 22.2. The molecule has 0 saturated heterocycles. The number of aromatic carboxylic acids is 1. The number of carboxylic acid groups (broad SMARTS) is 1. The molecule has 0 radical (unpaired) electrons. The van der Waals surface area contributed by atoms with Crippen LogP contribution in [0.2, 0.25) is 0 Å². The molecule has 0 saturated carbocycles. The Bertz CT molecular complexity index is 1360. The first-order chi connectivity index (χ1) is 15.7. The molecule has 4 nitrogen and oxygen atoms in total. The summed E-state index contributed by atoms with van der Waals surface area (Å²) in [5.41, 5.74) is 3.30. The van der Waals surface area contributed by atoms with Crippen LogP contribution in [0, 0.1) is 31.3 Å². The average Bonchev–Trinajstić information content (AvgIpc) is 3.15. The quantitative estimate of drug-likeness (QED) is 0.366. The minimum absolute atomic E-state index is 0.155. The van der Waals surface area contributed by atoms with Crippen LogP contribution in [0.4, 0.5) is 13.2 Å². The molecular weight excluding hydrogens is 431 g/mol. The molecule has 0 unspecified atom stereocenters. The van der Waals surface area contributed by atoms with Crippen LogP contribution >= 0.6 is 0 Å². The van der Waals surface area contributed by atoms with E-state index in [2.05, 4.69) is 0 Å². The van der Waals surface area contributed by atoms with Crippen molar-refractivity contribution in [1.29, 1.82) is 0 Å². The molecule has 0 aliphatic carbocycles. The largest absolute Gasteiger partial charge is 0.488 e. The third kappa shape index (κ3) is 4.48. The Balaban J connectivity index is 1.77. The van der Waals surface area contributed by atoms with Crippen molar-refractivity contribution in [2.24, 2.45) is 0 Å². The molecule has 0 aliphatic heterocycles. The number of aryl methyl sites for hydroxylation is 2. The van der Waals surface area contributed by atoms with Gasteiger partial charge in [0, 0.05) is 28.6 Å². The normalized spacial score (nSPS) is 10.9. The van der Waals surface area contributed by atoms with Gasteiger partial charge in [0.2, 0.25) is 0 Å². The Hall–Kier alpha value is -4.00. The minimum atomic E-state index is -1.04. The Kier molecular flexibility index (Phi) is 5.96. The van der Waals surface area contributed by atoms with Crippen molar-refractivity contribution >= 4 is 5.97 Å². The molecule has 0 atom stereocenters. The summed E-state index contributed by atoms with van der Waals surface area (Å²) in [6.07, 6.45) is 0. The fraction of sp³-hybridized carbons (Fsp3) is 0.115. The Morgan fingerprint density at radius 1 is 0.909 bits per heavy atom. The SMILES string of the molecule is Cc1ccc(-n2c(C)ccc2-c2cc(F)ccc2OCc2ccc(F)cc2F)cc1C(=O)O. The highest BCUT2D eigenvalue weighted by molar-refractivity contribution is 5.90. The number of nitrogens with zero attached hydrogens (tertiary/aromatic N) is 1. The second-order valence-electron chi connectivity index (χ2n) is 7.66. The molecule has 1 aromatic heterocycles. The van der Waals surface area contributed by atoms with E-state index < -0.39 is 23.4 Å². The first-order valence-corrected chi connectivity index (χ1v) is 10.1. The molecule has 1 N–H and O–H groups in total. The van der Waals surface area contributed by atoms with Crippen LogP contribution in [0.5, 0.6) is 5.75 Å². The van der Waals surface area contributed by atoms with E-state index in [0.717, 1.165) is 17.8 Å². The molecule has 4 rings (SSSR count). The van der Waals surface area contributed by atoms with E-state index in [1.165, 1.54) is 24.3 Å². The number of rotatable bonds is 6. The van der Waals surface area contributed by atoms with Gasteiger partial charge in [-0.05, 0) is 74.0 Å². The number of benzene rings is 3. The number of carboxylic acids is 1. The van der Waals surface area contributed by atoms with Gasteiger partial charge in [-0.15, -0.1) is 0 Å². The molecular formula is C26H20F3NO3. The maximum absolute atomic E-state index is 14.2. The Morgan fingerprint density at radius 2 is 1.64 bits per heavy atom. The van der Waals surface area contributed by atoms with Gasteiger partial charge in [0.1, 0.15) is 29.8 Å². The number of hydrogen-bond acceptors (Lipinski definition) is 2. The Labute approximate surface area is 188 Å². The van der Waals surface area contributed by atoms with Gasteiger partial charge in [0.25, 0.3) is 0 Å². The maximum atomic E-state index is 14.2. The van der Waals surface area contributed by atoms with Gasteiger partial charge in [-0.1, -0.05) is 6.07 Å². The molecule has 4 aromatic rings. The summed E-state index contributed by atoms with van der Waals surface area (Å²) in [5, 5.41) is 9.51. The highest BCUT2D eigenvalue weighted by Crippen LogP contribution is 2.35. The summed E-state index contributed by atoms with van der Waals surface area (Å²) < 4.78 is 49.0. The van der Waals surface area contributed by atoms with Crippen molar-refractivity contribution in [2.45, 2.75) is 20.5 Å². The summed E-state index contributed by atoms with van der Waals surface area (Å²) in [5.74, 6) is -2.67. The van der Waals surface area contributed by atoms with E-state index in [1.54, 1.807) is 35.8 Å². The zero-order chi connectivity index (χ0) is 23.7. The van der Waals surface area contributed by atoms with E-state index in [0.29, 0.717) is 28.3 Å². The van der Waals surface area contributed by atoms with Crippen LogP contribution in [0.1, 0.15) is 27.2 Å². The third-order valence-electron chi connectivity index (χ3n) is 5.40. The summed E-state index contributed by atoms with van der Waals surface area (Å²) >= 11 is 0. The first-order valence-electron chi connectivity index (χ1n) is 10.1. The molecule has 33 heavy (non-hydrogen) atoms. The summed E-state index contributed by atoms with van der Waals surface area (Å²) in [6.45, 7) is 3.37. The predicted octanol–water partition coefficient (Wildman–Crippen LogP) is 6.46. The molecule has 1 heterocycles. The van der Waals surface area contributed by atoms with Crippen molar-refractivity contribution in [3.05, 3.63) is 107 Å². The van der Waals surface area contributed by atoms with Crippen molar-refractivity contribution < 1.29 is 27.8 Å². The van der Waals surface area contributed by atoms with E-state index >= 15 is 0 Å². The predicted molar refractivity (Wildman–Crippen MR) is 118 cm³/mol. The van der Waals surface area contributed by atoms with Crippen molar-refractivity contribution in [3.8, 4) is 22.7 Å². The third-order valence-corrected chi connectivity index (χ3v) is 5.40. The van der Waals surface area contributed by atoms with Gasteiger partial charge < -0.3 is 14.4 Å². The van der Waals surface area contributed by atoms with Gasteiger partial charge in [-0.2, -0.15) is 0 Å². The second kappa shape index (κ2) is 8.86. The lowest BCUT2D eigenvalue weighted by Crippen LogP contribution is -2.06. The van der Waals surface area contributed by atoms with Gasteiger partial charge in [-0.3, -0.25) is 0 Å². The zero-order valence-electron chi connectivity index (χ0n) is 17.9. The molecule has 0 spiro atoms. The van der Waals surface area contributed by atoms with E-state index in [4.69, 9.17) is 4.74 Å². The van der Waals surface area contributed by atoms with Gasteiger partial charge in [0.15, 0.2) is 0 Å². The van der Waals surface area contributed by atoms with Crippen LogP contribution in [0.15, 0.2) is 66.7 Å². The number of aromatic nitrogens is 1. The molecule has 168 valence electrons. The molecule has 0 bridgehead atoms. The molecule has 3 aromatic carbocycles. The fourth-order valence-electron chi connectivity index (χ4n) is 3.69. The smallest absolute Gasteiger partial charge is 0.336 e. The number of halogens is 3. The van der Waals surface area contributed by atoms with Crippen molar-refractivity contribution in [1.82, 2.24) is 4.57 Å². The van der Waals surface area contributed by atoms with E-state index in [9.17, 15) is 23.1 Å². The average molecular weight is 451 g/mol. The standard InChI is InChI=1S/C26H20F3NO3/c1-15-3-8-20(13-21(15)26(31)32)30-16(2)4-9-24(30)22-11-18(27)7-10-25(22)33-14-17-5-6-19(28)12-23(17)29/h3-13H,14H2,1-2H3,(H,31,32). The van der Waals surface area contributed by atoms with Crippen LogP contribution in [0.3, 0.4) is 0 Å². The second-order valence-corrected chi connectivity index (χ2v) is 7.66. The van der Waals surface area contributed by atoms with Crippen LogP contribution in [-0.2, 0) is 6.61 Å². The highest BCUT2D eigenvalue weighted by Gasteiger charge is 2.17. The lowest BCUT2D eigenvalue weighted by atomic mass is 10.1. The van der Waals surface area contributed by atoms with Crippen LogP contribution in [-0.4, -0.2) is 15.6 Å². The summed E-state index contributed by atoms with van der Waals surface area (Å²) in [4.78, 5) is 11.6. The maximum Gasteiger partial charge on any atom is 0.336 e. The van der Waals surface area contributed by atoms with Crippen molar-refractivity contribution in [2.75, 3.05) is 0 Å². The molecule has 0 amide bonds. The lowest BCUT2D eigenvalue weighted by molar-refractivity contribution is 0.0696. The van der Waals surface area contributed by atoms with E-state index in [-0.39, 0.29) is 17.7 Å². The highest BCUT2D eigenvalue weighted by atomic mass is 19.1. The number of carbonyl (C=O) groups is 1. The monoisotopic (exact) mass is 451 g/mol. The van der Waals surface area contributed by atoms with Crippen molar-refractivity contribution in [3.63, 3.8) is 0 Å². The van der Waals surface area contributed by atoms with Crippen LogP contribution < -0.4 is 4.74 Å². The lowest BCUT2D eigenvalue weighted by Gasteiger charge is -2.17. The van der Waals surface area contributed by atoms with Gasteiger partial charge in [-0.25, -0.2) is 18.0 Å². The summed E-state index contributed by atoms with van der Waals surface area (Å²) in [7, 11) is 0. The number of hydrogen-bond donors (Lipinski definition) is 1. The van der Waals surface area contributed by atoms with Gasteiger partial charge >= 0.3 is 5.97 Å². The van der Waals surface area contributed by atoms with Gasteiger partial charge in [0.05, 0.1) is 11.3 Å². The molecule has 0 fully saturated rings. The molecule has 7 heteroatoms. The van der Waals surface area contributed by atoms with E-state index in [1.807, 2.05) is 13.0 Å². The topological polar surface area (TPSA) is 51.5 Å². The fourth-order valence-corrected chi connectivity index (χ4v) is 3.69. The summed E-state index contributed by atoms with van der Waals surface area (Å²) in [6, 6.07) is 15.8. The Morgan fingerprint density at radius 3 is 2.36 bits per heavy atom. The minimum Gasteiger partial charge on any atom is -0.488 e. The zero-order valence-corrected chi connectivity index (χ0v) is 17.9. The van der Waals surface area contributed by atoms with Crippen LogP contribution in [0.25, 0.3) is 16.9 Å².